The van der Waals surface area contributed by atoms with Crippen LogP contribution in [-0.4, -0.2) is 43.9 Å². The lowest BCUT2D eigenvalue weighted by molar-refractivity contribution is 0.102. The van der Waals surface area contributed by atoms with Crippen LogP contribution in [-0.2, 0) is 14.8 Å². The van der Waals surface area contributed by atoms with Crippen molar-refractivity contribution in [3.8, 4) is 17.1 Å². The minimum atomic E-state index is -3.72. The molecule has 10 heteroatoms. The van der Waals surface area contributed by atoms with Gasteiger partial charge in [-0.25, -0.2) is 17.8 Å². The molecule has 35 heavy (non-hydrogen) atoms. The molecule has 0 spiro atoms. The Labute approximate surface area is 203 Å². The topological polar surface area (TPSA) is 115 Å². The molecule has 0 saturated carbocycles. The van der Waals surface area contributed by atoms with Crippen molar-refractivity contribution in [1.82, 2.24) is 14.5 Å². The fourth-order valence-electron chi connectivity index (χ4n) is 3.53. The van der Waals surface area contributed by atoms with Crippen molar-refractivity contribution >= 4 is 21.6 Å². The minimum absolute atomic E-state index is 0.0853. The van der Waals surface area contributed by atoms with Gasteiger partial charge in [0.05, 0.1) is 22.8 Å². The molecular formula is C25H26N4O5S. The quantitative estimate of drug-likeness (QED) is 0.363. The number of aromatic nitrogens is 2. The van der Waals surface area contributed by atoms with E-state index >= 15 is 0 Å². The fourth-order valence-corrected chi connectivity index (χ4v) is 4.76. The summed E-state index contributed by atoms with van der Waals surface area (Å²) in [5.74, 6) is 0.768. The van der Waals surface area contributed by atoms with Crippen molar-refractivity contribution in [3.63, 3.8) is 0 Å². The van der Waals surface area contributed by atoms with Gasteiger partial charge in [-0.2, -0.15) is 5.10 Å². The van der Waals surface area contributed by atoms with Crippen LogP contribution in [0.5, 0.6) is 0 Å². The number of nitrogens with zero attached hydrogens (tertiary/aromatic N) is 2. The van der Waals surface area contributed by atoms with Crippen LogP contribution >= 0.6 is 0 Å². The smallest absolute Gasteiger partial charge is 0.259 e. The summed E-state index contributed by atoms with van der Waals surface area (Å²) in [6, 6.07) is 18.5. The van der Waals surface area contributed by atoms with Gasteiger partial charge in [0, 0.05) is 25.0 Å². The number of carbonyl (C=O) groups is 1. The fraction of sp³-hybridized carbons (Fsp3) is 0.200. The summed E-state index contributed by atoms with van der Waals surface area (Å²) in [5.41, 5.74) is 1.94. The molecule has 4 aromatic rings. The predicted octanol–water partition coefficient (Wildman–Crippen LogP) is 4.01. The number of amides is 1. The lowest BCUT2D eigenvalue weighted by atomic mass is 10.2. The first-order valence-electron chi connectivity index (χ1n) is 10.9. The largest absolute Gasteiger partial charge is 0.460 e. The second kappa shape index (κ2) is 10.3. The normalized spacial score (nSPS) is 12.4. The number of ether oxygens (including phenoxy) is 1. The summed E-state index contributed by atoms with van der Waals surface area (Å²) in [6.45, 7) is 3.78. The summed E-state index contributed by atoms with van der Waals surface area (Å²) in [4.78, 5) is 13.3. The molecule has 0 aliphatic rings. The first kappa shape index (κ1) is 24.4. The van der Waals surface area contributed by atoms with E-state index in [1.165, 1.54) is 31.4 Å². The lowest BCUT2D eigenvalue weighted by Gasteiger charge is -2.13. The summed E-state index contributed by atoms with van der Waals surface area (Å²) < 4.78 is 39.9. The number of para-hydroxylation sites is 1. The summed E-state index contributed by atoms with van der Waals surface area (Å²) in [6.07, 6.45) is 1.64. The average Bonchev–Trinajstić information content (AvgIpc) is 3.46. The van der Waals surface area contributed by atoms with Gasteiger partial charge in [0.1, 0.15) is 11.5 Å². The summed E-state index contributed by atoms with van der Waals surface area (Å²) in [5, 5.41) is 7.39. The minimum Gasteiger partial charge on any atom is -0.460 e. The van der Waals surface area contributed by atoms with E-state index in [-0.39, 0.29) is 17.5 Å². The average molecular weight is 495 g/mol. The van der Waals surface area contributed by atoms with Crippen molar-refractivity contribution in [1.29, 1.82) is 0 Å². The number of hydrogen-bond acceptors (Lipinski definition) is 6. The van der Waals surface area contributed by atoms with E-state index in [4.69, 9.17) is 9.15 Å². The summed E-state index contributed by atoms with van der Waals surface area (Å²) in [7, 11) is -2.21. The molecule has 182 valence electrons. The van der Waals surface area contributed by atoms with E-state index in [1.807, 2.05) is 37.3 Å². The Morgan fingerprint density at radius 1 is 1.09 bits per heavy atom. The van der Waals surface area contributed by atoms with E-state index in [2.05, 4.69) is 15.1 Å². The van der Waals surface area contributed by atoms with Gasteiger partial charge in [-0.3, -0.25) is 4.79 Å². The van der Waals surface area contributed by atoms with E-state index in [0.717, 1.165) is 5.69 Å². The highest BCUT2D eigenvalue weighted by Crippen LogP contribution is 2.27. The second-order valence-corrected chi connectivity index (χ2v) is 9.75. The highest BCUT2D eigenvalue weighted by molar-refractivity contribution is 7.89. The number of aryl methyl sites for hydroxylation is 1. The van der Waals surface area contributed by atoms with Crippen molar-refractivity contribution in [2.75, 3.05) is 19.0 Å². The van der Waals surface area contributed by atoms with Crippen LogP contribution in [0.2, 0.25) is 0 Å². The zero-order chi connectivity index (χ0) is 25.0. The van der Waals surface area contributed by atoms with Gasteiger partial charge in [-0.15, -0.1) is 0 Å². The van der Waals surface area contributed by atoms with E-state index in [0.29, 0.717) is 28.5 Å². The second-order valence-electron chi connectivity index (χ2n) is 8.04. The van der Waals surface area contributed by atoms with Crippen LogP contribution in [0.1, 0.15) is 23.0 Å². The van der Waals surface area contributed by atoms with Crippen LogP contribution in [0.15, 0.2) is 82.2 Å². The molecular weight excluding hydrogens is 468 g/mol. The van der Waals surface area contributed by atoms with Crippen molar-refractivity contribution in [2.45, 2.75) is 24.8 Å². The number of methoxy groups -OCH3 is 1. The number of nitrogens with one attached hydrogen (secondary N) is 2. The molecule has 1 unspecified atom stereocenters. The van der Waals surface area contributed by atoms with Gasteiger partial charge in [-0.05, 0) is 62.4 Å². The molecule has 0 radical (unpaired) electrons. The molecule has 1 atom stereocenters. The number of furan rings is 1. The lowest BCUT2D eigenvalue weighted by Crippen LogP contribution is -2.35. The first-order chi connectivity index (χ1) is 16.8. The third kappa shape index (κ3) is 5.68. The monoisotopic (exact) mass is 494 g/mol. The molecule has 0 saturated heterocycles. The van der Waals surface area contributed by atoms with Crippen LogP contribution < -0.4 is 10.0 Å². The van der Waals surface area contributed by atoms with Gasteiger partial charge in [-0.1, -0.05) is 18.2 Å². The van der Waals surface area contributed by atoms with Crippen LogP contribution in [0.4, 0.5) is 5.69 Å². The number of sulfonamides is 1. The molecule has 0 bridgehead atoms. The summed E-state index contributed by atoms with van der Waals surface area (Å²) >= 11 is 0. The van der Waals surface area contributed by atoms with Gasteiger partial charge < -0.3 is 14.5 Å². The van der Waals surface area contributed by atoms with Crippen molar-refractivity contribution in [3.05, 3.63) is 84.3 Å². The number of hydrogen-bond donors (Lipinski definition) is 2. The molecule has 0 aliphatic heterocycles. The molecule has 0 fully saturated rings. The zero-order valence-electron chi connectivity index (χ0n) is 19.6. The molecule has 0 aliphatic carbocycles. The maximum absolute atomic E-state index is 13.2. The van der Waals surface area contributed by atoms with Crippen LogP contribution in [0, 0.1) is 6.92 Å². The Morgan fingerprint density at radius 2 is 1.80 bits per heavy atom. The highest BCUT2D eigenvalue weighted by Gasteiger charge is 2.22. The van der Waals surface area contributed by atoms with Gasteiger partial charge >= 0.3 is 0 Å². The molecule has 4 rings (SSSR count). The standard InChI is InChI=1S/C25H26N4O5S/c1-17(16-33-3)28-35(31,32)21-12-10-19(11-13-21)26-25(30)22-15-29(20-7-5-4-6-8-20)27-24(22)23-14-9-18(2)34-23/h4-15,17,28H,16H2,1-3H3,(H,26,30). The molecule has 2 aromatic carbocycles. The molecule has 1 amide bonds. The zero-order valence-corrected chi connectivity index (χ0v) is 20.4. The van der Waals surface area contributed by atoms with E-state index in [9.17, 15) is 13.2 Å². The third-order valence-electron chi connectivity index (χ3n) is 5.15. The predicted molar refractivity (Wildman–Crippen MR) is 132 cm³/mol. The Morgan fingerprint density at radius 3 is 2.43 bits per heavy atom. The van der Waals surface area contributed by atoms with Gasteiger partial charge in [0.25, 0.3) is 5.91 Å². The molecule has 2 N–H and O–H groups in total. The van der Waals surface area contributed by atoms with Gasteiger partial charge in [0.2, 0.25) is 10.0 Å². The highest BCUT2D eigenvalue weighted by atomic mass is 32.2. The van der Waals surface area contributed by atoms with E-state index < -0.39 is 15.9 Å². The maximum Gasteiger partial charge on any atom is 0.259 e. The number of rotatable bonds is 9. The van der Waals surface area contributed by atoms with Crippen molar-refractivity contribution in [2.24, 2.45) is 0 Å². The molecule has 2 heterocycles. The van der Waals surface area contributed by atoms with Crippen LogP contribution in [0.25, 0.3) is 17.1 Å². The van der Waals surface area contributed by atoms with Crippen LogP contribution in [0.3, 0.4) is 0 Å². The SMILES string of the molecule is COCC(C)NS(=O)(=O)c1ccc(NC(=O)c2cn(-c3ccccc3)nc2-c2ccc(C)o2)cc1. The first-order valence-corrected chi connectivity index (χ1v) is 12.4. The van der Waals surface area contributed by atoms with Gasteiger partial charge in [0.15, 0.2) is 5.76 Å². The Kier molecular flexibility index (Phi) is 7.15. The van der Waals surface area contributed by atoms with E-state index in [1.54, 1.807) is 29.9 Å². The third-order valence-corrected chi connectivity index (χ3v) is 6.75. The number of carbonyl (C=O) groups excluding carboxylic acids is 1. The Hall–Kier alpha value is -3.73. The van der Waals surface area contributed by atoms with Crippen molar-refractivity contribution < 1.29 is 22.4 Å². The Bertz CT molecular complexity index is 1410. The molecule has 2 aromatic heterocycles. The number of benzene rings is 2. The number of anilines is 1. The Balaban J connectivity index is 1.58. The molecule has 9 nitrogen and oxygen atoms in total. The maximum atomic E-state index is 13.2.